The standard InChI is InChI=1S/C24H31N2O9P/c27-21-16-20(35-36(30,31)32)15-18-14-19(25-34-17-22(28)26-11-7-5-8-12-26)10-6-3-1-2-4-9-13-33-24(29)23(18)21/h2,4,6,10,15-16,27H,1,3,5,7-9,11-14,17H2,(H2,30,31,32)/b4-2+,10-6+,25-19-. The number of allylic oxidation sites excluding steroid dienone is 3. The van der Waals surface area contributed by atoms with Gasteiger partial charge in [-0.15, -0.1) is 0 Å². The lowest BCUT2D eigenvalue weighted by Gasteiger charge is -2.26. The van der Waals surface area contributed by atoms with Gasteiger partial charge >= 0.3 is 13.8 Å². The number of fused-ring (bicyclic) bond motifs is 1. The van der Waals surface area contributed by atoms with Gasteiger partial charge in [0.1, 0.15) is 17.1 Å². The molecular formula is C24H31N2O9P. The van der Waals surface area contributed by atoms with Crippen LogP contribution in [0.4, 0.5) is 0 Å². The van der Waals surface area contributed by atoms with Crippen molar-refractivity contribution in [2.24, 2.45) is 5.16 Å². The van der Waals surface area contributed by atoms with Crippen molar-refractivity contribution in [3.05, 3.63) is 47.6 Å². The molecule has 1 saturated heterocycles. The Labute approximate surface area is 209 Å². The van der Waals surface area contributed by atoms with E-state index in [1.807, 2.05) is 18.2 Å². The van der Waals surface area contributed by atoms with E-state index in [0.29, 0.717) is 31.6 Å². The molecule has 1 fully saturated rings. The van der Waals surface area contributed by atoms with Gasteiger partial charge < -0.3 is 24.1 Å². The molecular weight excluding hydrogens is 491 g/mol. The minimum Gasteiger partial charge on any atom is -0.507 e. The lowest BCUT2D eigenvalue weighted by atomic mass is 9.99. The molecule has 3 N–H and O–H groups in total. The van der Waals surface area contributed by atoms with Crippen LogP contribution in [0.3, 0.4) is 0 Å². The Morgan fingerprint density at radius 1 is 1.08 bits per heavy atom. The zero-order chi connectivity index (χ0) is 26.0. The van der Waals surface area contributed by atoms with E-state index in [9.17, 15) is 29.0 Å². The molecule has 0 bridgehead atoms. The molecule has 2 heterocycles. The number of likely N-dealkylation sites (tertiary alicyclic amines) is 1. The van der Waals surface area contributed by atoms with Crippen molar-refractivity contribution in [1.29, 1.82) is 0 Å². The molecule has 0 spiro atoms. The normalized spacial score (nSPS) is 20.6. The first kappa shape index (κ1) is 27.4. The molecule has 11 nitrogen and oxygen atoms in total. The number of amides is 1. The second-order valence-corrected chi connectivity index (χ2v) is 9.57. The van der Waals surface area contributed by atoms with E-state index in [4.69, 9.17) is 9.57 Å². The number of piperidine rings is 1. The molecule has 2 aliphatic rings. The van der Waals surface area contributed by atoms with E-state index in [-0.39, 0.29) is 42.4 Å². The Morgan fingerprint density at radius 3 is 2.56 bits per heavy atom. The molecule has 0 aromatic heterocycles. The van der Waals surface area contributed by atoms with Crippen molar-refractivity contribution in [2.75, 3.05) is 26.3 Å². The second kappa shape index (κ2) is 13.2. The highest BCUT2D eigenvalue weighted by molar-refractivity contribution is 7.46. The maximum Gasteiger partial charge on any atom is 0.524 e. The van der Waals surface area contributed by atoms with Gasteiger partial charge in [0.2, 0.25) is 0 Å². The first-order valence-electron chi connectivity index (χ1n) is 11.8. The highest BCUT2D eigenvalue weighted by atomic mass is 31.2. The minimum atomic E-state index is -4.92. The highest BCUT2D eigenvalue weighted by Crippen LogP contribution is 2.40. The Balaban J connectivity index is 1.89. The number of rotatable bonds is 5. The summed E-state index contributed by atoms with van der Waals surface area (Å²) >= 11 is 0. The lowest BCUT2D eigenvalue weighted by molar-refractivity contribution is -0.137. The number of cyclic esters (lactones) is 1. The number of carbonyl (C=O) groups is 2. The third-order valence-electron chi connectivity index (χ3n) is 5.55. The minimum absolute atomic E-state index is 0.0689. The molecule has 1 aromatic rings. The molecule has 1 aromatic carbocycles. The van der Waals surface area contributed by atoms with E-state index in [1.54, 1.807) is 11.0 Å². The van der Waals surface area contributed by atoms with Gasteiger partial charge in [0.05, 0.1) is 12.3 Å². The van der Waals surface area contributed by atoms with Gasteiger partial charge in [0.15, 0.2) is 6.61 Å². The number of ether oxygens (including phenoxy) is 1. The number of carbonyl (C=O) groups excluding carboxylic acids is 2. The van der Waals surface area contributed by atoms with Crippen molar-refractivity contribution < 1.29 is 43.1 Å². The molecule has 0 unspecified atom stereocenters. The molecule has 0 atom stereocenters. The Bertz CT molecular complexity index is 1070. The number of phenols is 1. The molecule has 0 radical (unpaired) electrons. The van der Waals surface area contributed by atoms with E-state index in [1.165, 1.54) is 6.07 Å². The summed E-state index contributed by atoms with van der Waals surface area (Å²) in [5.41, 5.74) is 0.300. The number of oxime groups is 1. The summed E-state index contributed by atoms with van der Waals surface area (Å²) in [6, 6.07) is 2.16. The average molecular weight is 522 g/mol. The van der Waals surface area contributed by atoms with Crippen molar-refractivity contribution >= 4 is 25.4 Å². The van der Waals surface area contributed by atoms with Gasteiger partial charge in [-0.2, -0.15) is 0 Å². The zero-order valence-corrected chi connectivity index (χ0v) is 20.8. The van der Waals surface area contributed by atoms with E-state index in [2.05, 4.69) is 9.68 Å². The van der Waals surface area contributed by atoms with E-state index < -0.39 is 19.5 Å². The van der Waals surface area contributed by atoms with Crippen LogP contribution in [0.25, 0.3) is 0 Å². The zero-order valence-electron chi connectivity index (χ0n) is 19.9. The summed E-state index contributed by atoms with van der Waals surface area (Å²) in [5.74, 6) is -1.87. The van der Waals surface area contributed by atoms with Crippen LogP contribution in [-0.4, -0.2) is 63.7 Å². The molecule has 2 aliphatic heterocycles. The Kier molecular flexibility index (Phi) is 10.1. The van der Waals surface area contributed by atoms with Gasteiger partial charge in [-0.05, 0) is 56.2 Å². The van der Waals surface area contributed by atoms with Crippen molar-refractivity contribution in [3.63, 3.8) is 0 Å². The summed E-state index contributed by atoms with van der Waals surface area (Å²) in [4.78, 5) is 50.6. The second-order valence-electron chi connectivity index (χ2n) is 8.41. The molecule has 36 heavy (non-hydrogen) atoms. The SMILES string of the molecule is O=C1OCC/C=C/CC/C=C/C(=N/OCC(=O)N2CCCCC2)Cc2cc(OP(=O)(O)O)cc(O)c21. The Morgan fingerprint density at radius 2 is 1.81 bits per heavy atom. The number of hydrogen-bond donors (Lipinski definition) is 3. The van der Waals surface area contributed by atoms with Crippen LogP contribution in [0.5, 0.6) is 11.5 Å². The topological polar surface area (TPSA) is 155 Å². The number of aromatic hydroxyl groups is 1. The number of esters is 1. The van der Waals surface area contributed by atoms with Crippen molar-refractivity contribution in [1.82, 2.24) is 4.90 Å². The molecule has 0 aliphatic carbocycles. The molecule has 196 valence electrons. The number of phosphoric acid groups is 1. The number of phosphoric ester groups is 1. The maximum absolute atomic E-state index is 12.7. The maximum atomic E-state index is 12.7. The monoisotopic (exact) mass is 522 g/mol. The summed E-state index contributed by atoms with van der Waals surface area (Å²) in [5, 5.41) is 14.6. The fourth-order valence-corrected chi connectivity index (χ4v) is 4.26. The van der Waals surface area contributed by atoms with Crippen LogP contribution in [-0.2, 0) is 25.4 Å². The third-order valence-corrected chi connectivity index (χ3v) is 5.99. The van der Waals surface area contributed by atoms with E-state index >= 15 is 0 Å². The fraction of sp³-hybridized carbons (Fsp3) is 0.458. The highest BCUT2D eigenvalue weighted by Gasteiger charge is 2.24. The smallest absolute Gasteiger partial charge is 0.507 e. The number of hydrogen-bond acceptors (Lipinski definition) is 8. The first-order chi connectivity index (χ1) is 17.2. The molecule has 0 saturated carbocycles. The van der Waals surface area contributed by atoms with Gasteiger partial charge in [-0.3, -0.25) is 14.6 Å². The molecule has 12 heteroatoms. The largest absolute Gasteiger partial charge is 0.524 e. The van der Waals surface area contributed by atoms with Gasteiger partial charge in [0, 0.05) is 25.6 Å². The summed E-state index contributed by atoms with van der Waals surface area (Å²) in [7, 11) is -4.92. The Hall–Kier alpha value is -3.14. The quantitative estimate of drug-likeness (QED) is 0.229. The van der Waals surface area contributed by atoms with Crippen LogP contribution in [0.2, 0.25) is 0 Å². The number of benzene rings is 1. The predicted molar refractivity (Wildman–Crippen MR) is 131 cm³/mol. The summed E-state index contributed by atoms with van der Waals surface area (Å²) in [6.45, 7) is 1.21. The van der Waals surface area contributed by atoms with Crippen LogP contribution >= 0.6 is 7.82 Å². The lowest BCUT2D eigenvalue weighted by Crippen LogP contribution is -2.37. The van der Waals surface area contributed by atoms with Crippen molar-refractivity contribution in [3.8, 4) is 11.5 Å². The van der Waals surface area contributed by atoms with Gasteiger partial charge in [0.25, 0.3) is 5.91 Å². The fourth-order valence-electron chi connectivity index (χ4n) is 3.88. The predicted octanol–water partition coefficient (Wildman–Crippen LogP) is 3.24. The van der Waals surface area contributed by atoms with Gasteiger partial charge in [-0.1, -0.05) is 23.4 Å². The average Bonchev–Trinajstić information content (AvgIpc) is 2.81. The van der Waals surface area contributed by atoms with Crippen molar-refractivity contribution in [2.45, 2.75) is 44.9 Å². The molecule has 3 rings (SSSR count). The summed E-state index contributed by atoms with van der Waals surface area (Å²) in [6.07, 6.45) is 12.3. The van der Waals surface area contributed by atoms with Crippen LogP contribution in [0, 0.1) is 0 Å². The molecule has 1 amide bonds. The van der Waals surface area contributed by atoms with Gasteiger partial charge in [-0.25, -0.2) is 9.36 Å². The summed E-state index contributed by atoms with van der Waals surface area (Å²) < 4.78 is 21.2. The third kappa shape index (κ3) is 8.82. The van der Waals surface area contributed by atoms with Crippen LogP contribution in [0.1, 0.15) is 54.4 Å². The number of phenolic OH excluding ortho intramolecular Hbond substituents is 1. The first-order valence-corrected chi connectivity index (χ1v) is 13.3. The van der Waals surface area contributed by atoms with E-state index in [0.717, 1.165) is 31.7 Å². The number of nitrogens with zero attached hydrogens (tertiary/aromatic N) is 2. The van der Waals surface area contributed by atoms with Crippen LogP contribution < -0.4 is 4.52 Å². The van der Waals surface area contributed by atoms with Crippen LogP contribution in [0.15, 0.2) is 41.6 Å².